The summed E-state index contributed by atoms with van der Waals surface area (Å²) < 4.78 is 10.8. The molecule has 0 aliphatic carbocycles. The highest BCUT2D eigenvalue weighted by atomic mass is 16.5. The molecule has 0 radical (unpaired) electrons. The van der Waals surface area contributed by atoms with Gasteiger partial charge in [-0.25, -0.2) is 5.43 Å². The van der Waals surface area contributed by atoms with Crippen molar-refractivity contribution >= 4 is 12.1 Å². The molecule has 0 aromatic heterocycles. The molecule has 0 saturated carbocycles. The minimum atomic E-state index is -0.312. The normalized spacial score (nSPS) is 10.5. The van der Waals surface area contributed by atoms with Crippen LogP contribution in [-0.2, 0) is 4.79 Å². The van der Waals surface area contributed by atoms with Crippen molar-refractivity contribution in [2.75, 3.05) is 13.2 Å². The molecule has 0 unspecified atom stereocenters. The van der Waals surface area contributed by atoms with E-state index in [1.165, 1.54) is 0 Å². The van der Waals surface area contributed by atoms with Gasteiger partial charge in [0.25, 0.3) is 5.91 Å². The Balaban J connectivity index is 1.74. The minimum absolute atomic E-state index is 0.0782. The van der Waals surface area contributed by atoms with Crippen LogP contribution in [0.2, 0.25) is 0 Å². The Morgan fingerprint density at radius 2 is 1.74 bits per heavy atom. The first-order valence-electron chi connectivity index (χ1n) is 7.50. The summed E-state index contributed by atoms with van der Waals surface area (Å²) in [6.07, 6.45) is 2.55. The molecule has 0 atom stereocenters. The zero-order valence-corrected chi connectivity index (χ0v) is 13.1. The zero-order valence-electron chi connectivity index (χ0n) is 13.1. The molecule has 0 aliphatic rings. The molecule has 1 N–H and O–H groups in total. The molecule has 1 amide bonds. The standard InChI is InChI=1S/C18H20N2O3/c1-2-12-22-17-10-8-15(9-11-17)13-19-20-18(21)14-23-16-6-4-3-5-7-16/h3-11,13H,2,12,14H2,1H3,(H,20,21). The fourth-order valence-corrected chi connectivity index (χ4v) is 1.75. The predicted octanol–water partition coefficient (Wildman–Crippen LogP) is 3.00. The molecule has 2 aromatic carbocycles. The van der Waals surface area contributed by atoms with Gasteiger partial charge >= 0.3 is 0 Å². The Labute approximate surface area is 135 Å². The predicted molar refractivity (Wildman–Crippen MR) is 89.9 cm³/mol. The molecule has 2 rings (SSSR count). The smallest absolute Gasteiger partial charge is 0.277 e. The number of hydrogen-bond donors (Lipinski definition) is 1. The lowest BCUT2D eigenvalue weighted by Crippen LogP contribution is -2.24. The van der Waals surface area contributed by atoms with Crippen LogP contribution in [0.5, 0.6) is 11.5 Å². The van der Waals surface area contributed by atoms with Crippen LogP contribution in [0.15, 0.2) is 59.7 Å². The quantitative estimate of drug-likeness (QED) is 0.602. The van der Waals surface area contributed by atoms with E-state index < -0.39 is 0 Å². The third-order valence-corrected chi connectivity index (χ3v) is 2.87. The second-order valence-electron chi connectivity index (χ2n) is 4.81. The van der Waals surface area contributed by atoms with Crippen LogP contribution < -0.4 is 14.9 Å². The van der Waals surface area contributed by atoms with Gasteiger partial charge in [0.2, 0.25) is 0 Å². The van der Waals surface area contributed by atoms with Gasteiger partial charge in [-0.3, -0.25) is 4.79 Å². The van der Waals surface area contributed by atoms with Crippen molar-refractivity contribution in [2.24, 2.45) is 5.10 Å². The summed E-state index contributed by atoms with van der Waals surface area (Å²) >= 11 is 0. The van der Waals surface area contributed by atoms with Crippen molar-refractivity contribution < 1.29 is 14.3 Å². The molecule has 5 nitrogen and oxygen atoms in total. The number of benzene rings is 2. The minimum Gasteiger partial charge on any atom is -0.494 e. The molecule has 0 heterocycles. The third-order valence-electron chi connectivity index (χ3n) is 2.87. The highest BCUT2D eigenvalue weighted by Gasteiger charge is 2.00. The molecule has 0 fully saturated rings. The fraction of sp³-hybridized carbons (Fsp3) is 0.222. The van der Waals surface area contributed by atoms with Gasteiger partial charge in [0.15, 0.2) is 6.61 Å². The molecular formula is C18H20N2O3. The number of nitrogens with zero attached hydrogens (tertiary/aromatic N) is 1. The van der Waals surface area contributed by atoms with Crippen LogP contribution in [0.3, 0.4) is 0 Å². The Bertz CT molecular complexity index is 624. The van der Waals surface area contributed by atoms with Crippen LogP contribution in [0.1, 0.15) is 18.9 Å². The SMILES string of the molecule is CCCOc1ccc(C=NNC(=O)COc2ccccc2)cc1. The van der Waals surface area contributed by atoms with Gasteiger partial charge in [0.05, 0.1) is 12.8 Å². The lowest BCUT2D eigenvalue weighted by Gasteiger charge is -2.05. The lowest BCUT2D eigenvalue weighted by molar-refractivity contribution is -0.123. The number of rotatable bonds is 8. The van der Waals surface area contributed by atoms with Crippen LogP contribution in [0, 0.1) is 0 Å². The maximum atomic E-state index is 11.6. The number of nitrogens with one attached hydrogen (secondary N) is 1. The van der Waals surface area contributed by atoms with Gasteiger partial charge in [0, 0.05) is 0 Å². The molecule has 2 aromatic rings. The van der Waals surface area contributed by atoms with Gasteiger partial charge in [-0.1, -0.05) is 25.1 Å². The molecule has 0 saturated heterocycles. The average molecular weight is 312 g/mol. The first kappa shape index (κ1) is 16.5. The number of carbonyl (C=O) groups is 1. The maximum Gasteiger partial charge on any atom is 0.277 e. The summed E-state index contributed by atoms with van der Waals surface area (Å²) in [6, 6.07) is 16.7. The monoisotopic (exact) mass is 312 g/mol. The Hall–Kier alpha value is -2.82. The molecule has 0 bridgehead atoms. The summed E-state index contributed by atoms with van der Waals surface area (Å²) in [6.45, 7) is 2.68. The summed E-state index contributed by atoms with van der Waals surface area (Å²) in [5.41, 5.74) is 3.30. The Kier molecular flexibility index (Phi) is 6.65. The van der Waals surface area contributed by atoms with Crippen molar-refractivity contribution in [3.63, 3.8) is 0 Å². The van der Waals surface area contributed by atoms with Crippen molar-refractivity contribution in [2.45, 2.75) is 13.3 Å². The molecule has 5 heteroatoms. The van der Waals surface area contributed by atoms with Crippen molar-refractivity contribution in [3.05, 3.63) is 60.2 Å². The zero-order chi connectivity index (χ0) is 16.3. The van der Waals surface area contributed by atoms with Gasteiger partial charge < -0.3 is 9.47 Å². The first-order chi connectivity index (χ1) is 11.3. The van der Waals surface area contributed by atoms with Crippen LogP contribution in [0.4, 0.5) is 0 Å². The number of hydrogen-bond acceptors (Lipinski definition) is 4. The summed E-state index contributed by atoms with van der Waals surface area (Å²) in [4.78, 5) is 11.6. The third kappa shape index (κ3) is 6.22. The van der Waals surface area contributed by atoms with Gasteiger partial charge in [-0.15, -0.1) is 0 Å². The van der Waals surface area contributed by atoms with E-state index in [9.17, 15) is 4.79 Å². The number of ether oxygens (including phenoxy) is 2. The first-order valence-corrected chi connectivity index (χ1v) is 7.50. The molecule has 120 valence electrons. The Morgan fingerprint density at radius 3 is 2.43 bits per heavy atom. The van der Waals surface area contributed by atoms with Gasteiger partial charge in [-0.05, 0) is 48.4 Å². The molecule has 0 spiro atoms. The summed E-state index contributed by atoms with van der Waals surface area (Å²) in [5, 5.41) is 3.90. The van der Waals surface area contributed by atoms with E-state index in [4.69, 9.17) is 9.47 Å². The van der Waals surface area contributed by atoms with Gasteiger partial charge in [0.1, 0.15) is 11.5 Å². The number of amides is 1. The molecular weight excluding hydrogens is 292 g/mol. The van der Waals surface area contributed by atoms with E-state index in [1.807, 2.05) is 42.5 Å². The molecule has 0 aliphatic heterocycles. The highest BCUT2D eigenvalue weighted by molar-refractivity contribution is 5.83. The maximum absolute atomic E-state index is 11.6. The van der Waals surface area contributed by atoms with Crippen LogP contribution in [-0.4, -0.2) is 25.3 Å². The van der Waals surface area contributed by atoms with E-state index in [0.717, 1.165) is 17.7 Å². The van der Waals surface area contributed by atoms with Crippen LogP contribution in [0.25, 0.3) is 0 Å². The van der Waals surface area contributed by atoms with E-state index in [1.54, 1.807) is 18.3 Å². The second kappa shape index (κ2) is 9.25. The van der Waals surface area contributed by atoms with Crippen molar-refractivity contribution in [1.29, 1.82) is 0 Å². The molecule has 23 heavy (non-hydrogen) atoms. The average Bonchev–Trinajstić information content (AvgIpc) is 2.60. The topological polar surface area (TPSA) is 59.9 Å². The summed E-state index contributed by atoms with van der Waals surface area (Å²) in [7, 11) is 0. The fourth-order valence-electron chi connectivity index (χ4n) is 1.75. The van der Waals surface area contributed by atoms with Crippen LogP contribution >= 0.6 is 0 Å². The lowest BCUT2D eigenvalue weighted by atomic mass is 10.2. The number of carbonyl (C=O) groups excluding carboxylic acids is 1. The highest BCUT2D eigenvalue weighted by Crippen LogP contribution is 2.11. The van der Waals surface area contributed by atoms with E-state index in [2.05, 4.69) is 17.5 Å². The largest absolute Gasteiger partial charge is 0.494 e. The second-order valence-corrected chi connectivity index (χ2v) is 4.81. The van der Waals surface area contributed by atoms with E-state index in [0.29, 0.717) is 12.4 Å². The number of para-hydroxylation sites is 1. The van der Waals surface area contributed by atoms with Crippen molar-refractivity contribution in [3.8, 4) is 11.5 Å². The summed E-state index contributed by atoms with van der Waals surface area (Å²) in [5.74, 6) is 1.16. The number of hydrazone groups is 1. The van der Waals surface area contributed by atoms with E-state index >= 15 is 0 Å². The van der Waals surface area contributed by atoms with E-state index in [-0.39, 0.29) is 12.5 Å². The van der Waals surface area contributed by atoms with Crippen molar-refractivity contribution in [1.82, 2.24) is 5.43 Å². The van der Waals surface area contributed by atoms with Gasteiger partial charge in [-0.2, -0.15) is 5.10 Å². The Morgan fingerprint density at radius 1 is 1.04 bits per heavy atom.